The van der Waals surface area contributed by atoms with Gasteiger partial charge in [-0.2, -0.15) is 0 Å². The Morgan fingerprint density at radius 2 is 1.53 bits per heavy atom. The molecule has 0 spiro atoms. The summed E-state index contributed by atoms with van der Waals surface area (Å²) >= 11 is 0. The molecule has 0 rings (SSSR count). The predicted octanol–water partition coefficient (Wildman–Crippen LogP) is 0.694. The van der Waals surface area contributed by atoms with Crippen LogP contribution >= 0.6 is 0 Å². The highest BCUT2D eigenvalue weighted by molar-refractivity contribution is 5.77. The maximum atomic E-state index is 11.1. The van der Waals surface area contributed by atoms with E-state index in [1.807, 2.05) is 4.90 Å². The summed E-state index contributed by atoms with van der Waals surface area (Å²) in [6.07, 6.45) is 0.0888. The van der Waals surface area contributed by atoms with Crippen LogP contribution in [0.15, 0.2) is 0 Å². The van der Waals surface area contributed by atoms with Crippen LogP contribution in [0.2, 0.25) is 0 Å². The number of ketones is 1. The fourth-order valence-corrected chi connectivity index (χ4v) is 1.66. The zero-order chi connectivity index (χ0) is 13.3. The van der Waals surface area contributed by atoms with Crippen LogP contribution in [0.1, 0.15) is 27.2 Å². The highest BCUT2D eigenvalue weighted by atomic mass is 16.4. The van der Waals surface area contributed by atoms with Crippen LogP contribution in [0.5, 0.6) is 0 Å². The quantitative estimate of drug-likeness (QED) is 0.613. The summed E-state index contributed by atoms with van der Waals surface area (Å²) in [5.41, 5.74) is 0. The number of carbonyl (C=O) groups is 2. The van der Waals surface area contributed by atoms with E-state index in [-0.39, 0.29) is 12.2 Å². The molecule has 0 aliphatic carbocycles. The first-order valence-electron chi connectivity index (χ1n) is 6.15. The van der Waals surface area contributed by atoms with Gasteiger partial charge >= 0.3 is 5.97 Å². The van der Waals surface area contributed by atoms with Crippen molar-refractivity contribution in [3.05, 3.63) is 0 Å². The first kappa shape index (κ1) is 16.1. The smallest absolute Gasteiger partial charge is 0.304 e. The average molecular weight is 244 g/mol. The van der Waals surface area contributed by atoms with Crippen molar-refractivity contribution in [2.45, 2.75) is 27.2 Å². The summed E-state index contributed by atoms with van der Waals surface area (Å²) in [5.74, 6) is -0.740. The van der Waals surface area contributed by atoms with Gasteiger partial charge in [-0.3, -0.25) is 14.5 Å². The van der Waals surface area contributed by atoms with E-state index in [0.717, 1.165) is 26.2 Å². The minimum absolute atomic E-state index is 0.0786. The van der Waals surface area contributed by atoms with Crippen molar-refractivity contribution < 1.29 is 14.7 Å². The fraction of sp³-hybridized carbons (Fsp3) is 0.833. The molecule has 0 fully saturated rings. The largest absolute Gasteiger partial charge is 0.481 e. The maximum Gasteiger partial charge on any atom is 0.304 e. The summed E-state index contributed by atoms with van der Waals surface area (Å²) in [4.78, 5) is 25.8. The normalized spacial score (nSPS) is 11.1. The molecule has 0 heterocycles. The number of hydrogen-bond acceptors (Lipinski definition) is 4. The number of Topliss-reactive ketones (excluding diaryl/α,β-unsaturated/α-hetero) is 1. The van der Waals surface area contributed by atoms with Gasteiger partial charge in [0.15, 0.2) is 0 Å². The molecular weight excluding hydrogens is 220 g/mol. The maximum absolute atomic E-state index is 11.1. The molecule has 0 radical (unpaired) electrons. The monoisotopic (exact) mass is 244 g/mol. The topological polar surface area (TPSA) is 60.9 Å². The average Bonchev–Trinajstić information content (AvgIpc) is 2.26. The van der Waals surface area contributed by atoms with Crippen LogP contribution in [-0.4, -0.2) is 65.9 Å². The van der Waals surface area contributed by atoms with Gasteiger partial charge in [-0.25, -0.2) is 0 Å². The molecule has 1 N–H and O–H groups in total. The number of likely N-dealkylation sites (N-methyl/N-ethyl adjacent to an activating group) is 1. The van der Waals surface area contributed by atoms with Gasteiger partial charge in [-0.1, -0.05) is 13.8 Å². The van der Waals surface area contributed by atoms with Gasteiger partial charge in [-0.15, -0.1) is 0 Å². The standard InChI is InChI=1S/C12H24N2O3/c1-4-13(5-2)8-9-14(10-11(3)15)7-6-12(16)17/h4-10H2,1-3H3,(H,16,17). The number of aliphatic carboxylic acids is 1. The number of carboxylic acid groups (broad SMARTS) is 1. The molecule has 0 atom stereocenters. The Labute approximate surface area is 103 Å². The van der Waals surface area contributed by atoms with Crippen LogP contribution < -0.4 is 0 Å². The number of rotatable bonds is 10. The van der Waals surface area contributed by atoms with Crippen LogP contribution in [-0.2, 0) is 9.59 Å². The van der Waals surface area contributed by atoms with Gasteiger partial charge in [0.25, 0.3) is 0 Å². The van der Waals surface area contributed by atoms with Gasteiger partial charge in [0.1, 0.15) is 5.78 Å². The second-order valence-electron chi connectivity index (χ2n) is 4.15. The lowest BCUT2D eigenvalue weighted by Crippen LogP contribution is -2.38. The second-order valence-corrected chi connectivity index (χ2v) is 4.15. The first-order valence-corrected chi connectivity index (χ1v) is 6.15. The molecule has 0 aromatic heterocycles. The first-order chi connectivity index (χ1) is 7.99. The minimum atomic E-state index is -0.818. The van der Waals surface area contributed by atoms with E-state index in [0.29, 0.717) is 13.1 Å². The van der Waals surface area contributed by atoms with Crippen molar-refractivity contribution in [1.82, 2.24) is 9.80 Å². The molecule has 0 saturated carbocycles. The summed E-state index contributed by atoms with van der Waals surface area (Å²) < 4.78 is 0. The zero-order valence-electron chi connectivity index (χ0n) is 11.1. The Hall–Kier alpha value is -0.940. The molecule has 0 unspecified atom stereocenters. The molecule has 5 heteroatoms. The third-order valence-electron chi connectivity index (χ3n) is 2.72. The van der Waals surface area contributed by atoms with Crippen LogP contribution in [0, 0.1) is 0 Å². The van der Waals surface area contributed by atoms with E-state index in [2.05, 4.69) is 18.7 Å². The highest BCUT2D eigenvalue weighted by Gasteiger charge is 2.10. The van der Waals surface area contributed by atoms with E-state index in [9.17, 15) is 9.59 Å². The van der Waals surface area contributed by atoms with Crippen molar-refractivity contribution in [2.75, 3.05) is 39.3 Å². The molecule has 5 nitrogen and oxygen atoms in total. The van der Waals surface area contributed by atoms with Crippen molar-refractivity contribution in [1.29, 1.82) is 0 Å². The lowest BCUT2D eigenvalue weighted by molar-refractivity contribution is -0.137. The van der Waals surface area contributed by atoms with E-state index in [1.54, 1.807) is 0 Å². The molecular formula is C12H24N2O3. The Morgan fingerprint density at radius 1 is 1.00 bits per heavy atom. The van der Waals surface area contributed by atoms with E-state index >= 15 is 0 Å². The third-order valence-corrected chi connectivity index (χ3v) is 2.72. The van der Waals surface area contributed by atoms with Crippen LogP contribution in [0.3, 0.4) is 0 Å². The molecule has 0 amide bonds. The van der Waals surface area contributed by atoms with E-state index in [1.165, 1.54) is 6.92 Å². The van der Waals surface area contributed by atoms with Gasteiger partial charge in [0.05, 0.1) is 13.0 Å². The lowest BCUT2D eigenvalue weighted by atomic mass is 10.3. The van der Waals surface area contributed by atoms with Crippen LogP contribution in [0.25, 0.3) is 0 Å². The van der Waals surface area contributed by atoms with Gasteiger partial charge in [-0.05, 0) is 20.0 Å². The Balaban J connectivity index is 4.08. The number of hydrogen-bond donors (Lipinski definition) is 1. The molecule has 0 aromatic rings. The minimum Gasteiger partial charge on any atom is -0.481 e. The molecule has 0 aliphatic heterocycles. The zero-order valence-corrected chi connectivity index (χ0v) is 11.1. The number of nitrogens with zero attached hydrogens (tertiary/aromatic N) is 2. The predicted molar refractivity (Wildman–Crippen MR) is 67.2 cm³/mol. The van der Waals surface area contributed by atoms with Gasteiger partial charge in [0.2, 0.25) is 0 Å². The Kier molecular flexibility index (Phi) is 8.62. The summed E-state index contributed by atoms with van der Waals surface area (Å²) in [6, 6.07) is 0. The molecule has 0 aromatic carbocycles. The van der Waals surface area contributed by atoms with Crippen molar-refractivity contribution in [3.63, 3.8) is 0 Å². The Morgan fingerprint density at radius 3 is 1.94 bits per heavy atom. The number of carbonyl (C=O) groups excluding carboxylic acids is 1. The molecule has 0 saturated heterocycles. The fourth-order valence-electron chi connectivity index (χ4n) is 1.66. The van der Waals surface area contributed by atoms with Gasteiger partial charge in [0, 0.05) is 19.6 Å². The molecule has 100 valence electrons. The van der Waals surface area contributed by atoms with E-state index < -0.39 is 5.97 Å². The van der Waals surface area contributed by atoms with Crippen molar-refractivity contribution in [2.24, 2.45) is 0 Å². The third kappa shape index (κ3) is 8.83. The molecule has 0 bridgehead atoms. The SMILES string of the molecule is CCN(CC)CCN(CCC(=O)O)CC(C)=O. The summed E-state index contributed by atoms with van der Waals surface area (Å²) in [7, 11) is 0. The second kappa shape index (κ2) is 9.13. The Bertz CT molecular complexity index is 240. The van der Waals surface area contributed by atoms with Crippen LogP contribution in [0.4, 0.5) is 0 Å². The van der Waals surface area contributed by atoms with E-state index in [4.69, 9.17) is 5.11 Å². The molecule has 17 heavy (non-hydrogen) atoms. The summed E-state index contributed by atoms with van der Waals surface area (Å²) in [5, 5.41) is 8.64. The number of carboxylic acids is 1. The van der Waals surface area contributed by atoms with Gasteiger partial charge < -0.3 is 10.0 Å². The highest BCUT2D eigenvalue weighted by Crippen LogP contribution is 1.95. The summed E-state index contributed by atoms with van der Waals surface area (Å²) in [6.45, 7) is 10.1. The van der Waals surface area contributed by atoms with Crippen molar-refractivity contribution in [3.8, 4) is 0 Å². The van der Waals surface area contributed by atoms with Crippen molar-refractivity contribution >= 4 is 11.8 Å². The lowest BCUT2D eigenvalue weighted by Gasteiger charge is -2.24. The molecule has 0 aliphatic rings.